The summed E-state index contributed by atoms with van der Waals surface area (Å²) in [6, 6.07) is 43.5. The molecular weight excluding hydrogens is 709 g/mol. The van der Waals surface area contributed by atoms with Crippen molar-refractivity contribution in [1.82, 2.24) is 0 Å². The number of halogens is 3. The quantitative estimate of drug-likeness (QED) is 0.0971. The zero-order chi connectivity index (χ0) is 25.3. The van der Waals surface area contributed by atoms with Crippen molar-refractivity contribution in [2.45, 2.75) is 12.3 Å². The number of nitrogens with zero attached hydrogens (tertiary/aromatic N) is 1. The molecule has 0 N–H and O–H groups in total. The van der Waals surface area contributed by atoms with Gasteiger partial charge in [0.05, 0.1) is 12.0 Å². The molecule has 0 aliphatic rings. The van der Waals surface area contributed by atoms with E-state index >= 15 is 0 Å². The van der Waals surface area contributed by atoms with Crippen LogP contribution in [0.4, 0.5) is 0 Å². The third kappa shape index (κ3) is 7.13. The third-order valence-electron chi connectivity index (χ3n) is 6.09. The molecular formula is C30H24AuCl3NP. The van der Waals surface area contributed by atoms with Gasteiger partial charge < -0.3 is 0 Å². The van der Waals surface area contributed by atoms with Crippen LogP contribution < -0.4 is 10.6 Å². The molecule has 0 radical (unpaired) electrons. The van der Waals surface area contributed by atoms with Gasteiger partial charge in [-0.1, -0.05) is 103 Å². The first-order valence-electron chi connectivity index (χ1n) is 11.4. The Bertz CT molecular complexity index is 1410. The molecule has 36 heavy (non-hydrogen) atoms. The van der Waals surface area contributed by atoms with Crippen molar-refractivity contribution >= 4 is 67.6 Å². The summed E-state index contributed by atoms with van der Waals surface area (Å²) in [7, 11) is 14.4. The van der Waals surface area contributed by atoms with Gasteiger partial charge in [-0.05, 0) is 70.4 Å². The van der Waals surface area contributed by atoms with E-state index in [0.29, 0.717) is 0 Å². The van der Waals surface area contributed by atoms with E-state index < -0.39 is 23.1 Å². The average molecular weight is 733 g/mol. The minimum absolute atomic E-state index is 0.128. The maximum atomic E-state index is 10.2. The fourth-order valence-corrected chi connectivity index (χ4v) is 6.86. The van der Waals surface area contributed by atoms with Crippen molar-refractivity contribution in [3.8, 4) is 6.07 Å². The summed E-state index contributed by atoms with van der Waals surface area (Å²) in [6.45, 7) is 0. The van der Waals surface area contributed by atoms with Crippen LogP contribution in [0.5, 0.6) is 0 Å². The molecule has 0 spiro atoms. The van der Waals surface area contributed by atoms with Gasteiger partial charge in [0.15, 0.2) is 0 Å². The standard InChI is InChI=1S/C30H24NP.Au.3ClH/c31-22-26(18-19-32(27-13-3-1-4-14-27)28-15-5-2-6-16-28)29-17-9-12-25-20-23-10-7-8-11-24(23)21-30(25)29;;;;/h1-17,20-21,26H,18-19H2;;3*1H/q;+3;;;/p-3. The normalized spacial score (nSPS) is 12.0. The molecule has 5 aromatic rings. The zero-order valence-corrected chi connectivity index (χ0v) is 24.6. The molecule has 0 saturated carbocycles. The molecule has 0 fully saturated rings. The second-order valence-electron chi connectivity index (χ2n) is 8.19. The molecule has 0 aliphatic carbocycles. The summed E-state index contributed by atoms with van der Waals surface area (Å²) in [5.74, 6) is -0.128. The second kappa shape index (κ2) is 13.6. The summed E-state index contributed by atoms with van der Waals surface area (Å²) in [5.41, 5.74) is 1.15. The number of nitriles is 1. The monoisotopic (exact) mass is 731 g/mol. The summed E-state index contributed by atoms with van der Waals surface area (Å²) in [6.07, 6.45) is 1.84. The van der Waals surface area contributed by atoms with E-state index in [0.717, 1.165) is 18.1 Å². The molecule has 0 bridgehead atoms. The van der Waals surface area contributed by atoms with Gasteiger partial charge >= 0.3 is 42.8 Å². The SMILES string of the molecule is N#CC(CCP(c1ccccc1)c1ccccc1)c1cccc2cc3ccccc3cc12.[Cl][Au]([Cl])[Cl]. The van der Waals surface area contributed by atoms with E-state index in [9.17, 15) is 5.26 Å². The molecule has 6 heteroatoms. The molecule has 1 unspecified atom stereocenters. The predicted octanol–water partition coefficient (Wildman–Crippen LogP) is 9.19. The van der Waals surface area contributed by atoms with E-state index in [1.54, 1.807) is 0 Å². The Kier molecular flexibility index (Phi) is 10.3. The van der Waals surface area contributed by atoms with Crippen LogP contribution in [0, 0.1) is 11.3 Å². The predicted molar refractivity (Wildman–Crippen MR) is 156 cm³/mol. The van der Waals surface area contributed by atoms with Crippen molar-refractivity contribution in [3.63, 3.8) is 0 Å². The van der Waals surface area contributed by atoms with Gasteiger partial charge in [-0.25, -0.2) is 0 Å². The Morgan fingerprint density at radius 2 is 1.17 bits per heavy atom. The van der Waals surface area contributed by atoms with E-state index in [-0.39, 0.29) is 5.92 Å². The Balaban J connectivity index is 0.000000709. The van der Waals surface area contributed by atoms with Gasteiger partial charge in [0.2, 0.25) is 0 Å². The first-order chi connectivity index (χ1) is 17.6. The van der Waals surface area contributed by atoms with Crippen molar-refractivity contribution in [1.29, 1.82) is 5.26 Å². The number of benzene rings is 5. The van der Waals surface area contributed by atoms with Crippen molar-refractivity contribution < 1.29 is 15.2 Å². The topological polar surface area (TPSA) is 23.8 Å². The van der Waals surface area contributed by atoms with Crippen molar-refractivity contribution in [2.75, 3.05) is 6.16 Å². The number of hydrogen-bond donors (Lipinski definition) is 0. The second-order valence-corrected chi connectivity index (χ2v) is 19.9. The van der Waals surface area contributed by atoms with Crippen molar-refractivity contribution in [2.24, 2.45) is 0 Å². The summed E-state index contributed by atoms with van der Waals surface area (Å²) in [5, 5.41) is 17.8. The van der Waals surface area contributed by atoms with Gasteiger partial charge in [-0.2, -0.15) is 5.26 Å². The average Bonchev–Trinajstić information content (AvgIpc) is 2.90. The van der Waals surface area contributed by atoms with E-state index in [1.165, 1.54) is 32.2 Å². The fraction of sp³-hybridized carbons (Fsp3) is 0.100. The molecule has 186 valence electrons. The molecule has 0 heterocycles. The Morgan fingerprint density at radius 1 is 0.667 bits per heavy atom. The number of rotatable bonds is 6. The minimum atomic E-state index is -1.79. The molecule has 0 aliphatic heterocycles. The van der Waals surface area contributed by atoms with Crippen LogP contribution in [0.25, 0.3) is 21.5 Å². The summed E-state index contributed by atoms with van der Waals surface area (Å²) < 4.78 is 0. The summed E-state index contributed by atoms with van der Waals surface area (Å²) in [4.78, 5) is 0. The Hall–Kier alpha value is -1.85. The first kappa shape index (κ1) is 27.2. The van der Waals surface area contributed by atoms with Gasteiger partial charge in [0.1, 0.15) is 0 Å². The third-order valence-corrected chi connectivity index (χ3v) is 8.64. The Labute approximate surface area is 232 Å². The van der Waals surface area contributed by atoms with E-state index in [2.05, 4.69) is 121 Å². The van der Waals surface area contributed by atoms with E-state index in [1.807, 2.05) is 0 Å². The molecule has 0 saturated heterocycles. The number of fused-ring (bicyclic) bond motifs is 2. The molecule has 0 aromatic heterocycles. The van der Waals surface area contributed by atoms with Gasteiger partial charge in [-0.15, -0.1) is 0 Å². The molecule has 5 aromatic carbocycles. The van der Waals surface area contributed by atoms with Crippen LogP contribution in [0.15, 0.2) is 115 Å². The van der Waals surface area contributed by atoms with Crippen LogP contribution in [0.2, 0.25) is 0 Å². The van der Waals surface area contributed by atoms with Gasteiger partial charge in [0, 0.05) is 0 Å². The fourth-order valence-electron chi connectivity index (χ4n) is 4.47. The van der Waals surface area contributed by atoms with Crippen LogP contribution in [-0.2, 0) is 15.2 Å². The van der Waals surface area contributed by atoms with Crippen LogP contribution in [0.1, 0.15) is 17.9 Å². The van der Waals surface area contributed by atoms with Crippen molar-refractivity contribution in [3.05, 3.63) is 121 Å². The van der Waals surface area contributed by atoms with Crippen LogP contribution in [-0.4, -0.2) is 6.16 Å². The molecule has 1 nitrogen and oxygen atoms in total. The molecule has 1 atom stereocenters. The van der Waals surface area contributed by atoms with E-state index in [4.69, 9.17) is 27.6 Å². The molecule has 5 rings (SSSR count). The first-order valence-corrected chi connectivity index (χ1v) is 20.9. The molecule has 0 amide bonds. The zero-order valence-electron chi connectivity index (χ0n) is 19.3. The van der Waals surface area contributed by atoms with Crippen LogP contribution >= 0.6 is 35.5 Å². The summed E-state index contributed by atoms with van der Waals surface area (Å²) >= 11 is -1.79. The van der Waals surface area contributed by atoms with Crippen LogP contribution in [0.3, 0.4) is 0 Å². The van der Waals surface area contributed by atoms with Gasteiger partial charge in [-0.3, -0.25) is 0 Å². The number of hydrogen-bond acceptors (Lipinski definition) is 1. The maximum absolute atomic E-state index is 10.2. The van der Waals surface area contributed by atoms with Gasteiger partial charge in [0.25, 0.3) is 0 Å². The Morgan fingerprint density at radius 3 is 1.72 bits per heavy atom.